The fourth-order valence-electron chi connectivity index (χ4n) is 8.17. The Hall–Kier alpha value is -4.72. The number of rotatable bonds is 14. The van der Waals surface area contributed by atoms with E-state index in [2.05, 4.69) is 36.6 Å². The molecule has 55 heavy (non-hydrogen) atoms. The molecule has 5 rings (SSSR count). The molecule has 1 unspecified atom stereocenters. The van der Waals surface area contributed by atoms with Crippen LogP contribution in [0.15, 0.2) is 42.9 Å². The van der Waals surface area contributed by atoms with Gasteiger partial charge < -0.3 is 31.5 Å². The molecule has 1 aliphatic carbocycles. The van der Waals surface area contributed by atoms with Gasteiger partial charge in [-0.3, -0.25) is 33.8 Å². The molecule has 298 valence electrons. The minimum absolute atomic E-state index is 0.0174. The lowest BCUT2D eigenvalue weighted by Crippen LogP contribution is -2.63. The number of nitrogens with one attached hydrogen (secondary N) is 5. The van der Waals surface area contributed by atoms with E-state index in [0.717, 1.165) is 49.7 Å². The van der Waals surface area contributed by atoms with E-state index >= 15 is 0 Å². The third kappa shape index (κ3) is 10.1. The lowest BCUT2D eigenvalue weighted by atomic mass is 9.82. The largest absolute Gasteiger partial charge is 0.344 e. The van der Waals surface area contributed by atoms with Crippen molar-refractivity contribution in [2.24, 2.45) is 17.3 Å². The lowest BCUT2D eigenvalue weighted by Gasteiger charge is -2.38. The summed E-state index contributed by atoms with van der Waals surface area (Å²) in [4.78, 5) is 92.9. The fourth-order valence-corrected chi connectivity index (χ4v) is 8.17. The van der Waals surface area contributed by atoms with Crippen molar-refractivity contribution < 1.29 is 28.8 Å². The van der Waals surface area contributed by atoms with Crippen LogP contribution in [0.1, 0.15) is 114 Å². The van der Waals surface area contributed by atoms with E-state index in [4.69, 9.17) is 0 Å². The molecular formula is C41H58N8O6. The van der Waals surface area contributed by atoms with Gasteiger partial charge in [0.2, 0.25) is 23.5 Å². The maximum Gasteiger partial charge on any atom is 0.290 e. The standard InChI is InChI=1S/C41H58N8O6/c1-7-11-29(34(50)39(54)45-25(3)26-16-14-24(2)15-17-26)46-38(53)33-31-28(18-19-44-31)23-49(33)40(55)35(41(4,5)6)48-37(52)32(27-12-9-8-10-13-27)47-36(51)30-22-42-20-21-43-30/h14-17,20-22,25,27-29,31-33,35,44H,7-13,18-19,23H2,1-6H3,(H,45,54)(H,46,53)(H,47,51)(H,48,52)/t25-,28-,29-,31?,32-,33-,35+/m0/s1. The van der Waals surface area contributed by atoms with Gasteiger partial charge in [-0.1, -0.05) is 83.2 Å². The lowest BCUT2D eigenvalue weighted by molar-refractivity contribution is -0.146. The van der Waals surface area contributed by atoms with E-state index in [1.807, 2.05) is 58.9 Å². The fraction of sp³-hybridized carbons (Fsp3) is 0.610. The number of ketones is 1. The second-order valence-electron chi connectivity index (χ2n) is 16.5. The summed E-state index contributed by atoms with van der Waals surface area (Å²) in [6.45, 7) is 12.1. The monoisotopic (exact) mass is 758 g/mol. The van der Waals surface area contributed by atoms with Crippen molar-refractivity contribution in [1.82, 2.24) is 41.5 Å². The van der Waals surface area contributed by atoms with E-state index in [1.165, 1.54) is 23.5 Å². The van der Waals surface area contributed by atoms with Crippen LogP contribution < -0.4 is 26.6 Å². The van der Waals surface area contributed by atoms with Crippen molar-refractivity contribution in [3.05, 3.63) is 59.7 Å². The molecule has 14 heteroatoms. The average molecular weight is 759 g/mol. The van der Waals surface area contributed by atoms with Gasteiger partial charge in [-0.15, -0.1) is 0 Å². The van der Waals surface area contributed by atoms with Gasteiger partial charge in [0, 0.05) is 25.0 Å². The summed E-state index contributed by atoms with van der Waals surface area (Å²) >= 11 is 0. The van der Waals surface area contributed by atoms with Crippen LogP contribution in [-0.2, 0) is 24.0 Å². The Labute approximate surface area is 324 Å². The van der Waals surface area contributed by atoms with Crippen LogP contribution in [0.4, 0.5) is 0 Å². The van der Waals surface area contributed by atoms with Gasteiger partial charge in [0.1, 0.15) is 23.8 Å². The summed E-state index contributed by atoms with van der Waals surface area (Å²) in [5, 5.41) is 14.9. The molecule has 1 saturated carbocycles. The first-order valence-corrected chi connectivity index (χ1v) is 19.8. The highest BCUT2D eigenvalue weighted by Gasteiger charge is 2.52. The van der Waals surface area contributed by atoms with Crippen molar-refractivity contribution in [3.8, 4) is 0 Å². The number of benzene rings is 1. The summed E-state index contributed by atoms with van der Waals surface area (Å²) < 4.78 is 0. The van der Waals surface area contributed by atoms with E-state index in [0.29, 0.717) is 13.0 Å². The number of likely N-dealkylation sites (tertiary alicyclic amines) is 1. The Kier molecular flexibility index (Phi) is 13.8. The van der Waals surface area contributed by atoms with Gasteiger partial charge in [0.05, 0.1) is 18.3 Å². The predicted molar refractivity (Wildman–Crippen MR) is 206 cm³/mol. The number of carbonyl (C=O) groups is 6. The van der Waals surface area contributed by atoms with Gasteiger partial charge in [-0.25, -0.2) is 4.98 Å². The van der Waals surface area contributed by atoms with Crippen LogP contribution in [0.25, 0.3) is 0 Å². The summed E-state index contributed by atoms with van der Waals surface area (Å²) in [5.41, 5.74) is 1.23. The number of aryl methyl sites for hydroxylation is 1. The van der Waals surface area contributed by atoms with Crippen LogP contribution in [0.3, 0.4) is 0 Å². The second kappa shape index (κ2) is 18.3. The maximum absolute atomic E-state index is 14.7. The van der Waals surface area contributed by atoms with Crippen molar-refractivity contribution >= 4 is 35.3 Å². The van der Waals surface area contributed by atoms with Crippen LogP contribution in [0.5, 0.6) is 0 Å². The molecule has 2 aliphatic heterocycles. The molecule has 3 heterocycles. The molecule has 5 amide bonds. The van der Waals surface area contributed by atoms with Gasteiger partial charge >= 0.3 is 0 Å². The third-order valence-corrected chi connectivity index (χ3v) is 11.3. The number of nitrogens with zero attached hydrogens (tertiary/aromatic N) is 3. The normalized spacial score (nSPS) is 22.1. The van der Waals surface area contributed by atoms with Gasteiger partial charge in [0.15, 0.2) is 0 Å². The molecule has 3 aliphatic rings. The Balaban J connectivity index is 1.34. The third-order valence-electron chi connectivity index (χ3n) is 11.3. The number of amides is 5. The highest BCUT2D eigenvalue weighted by Crippen LogP contribution is 2.34. The van der Waals surface area contributed by atoms with Crippen LogP contribution in [0.2, 0.25) is 0 Å². The van der Waals surface area contributed by atoms with Gasteiger partial charge in [-0.05, 0) is 68.9 Å². The van der Waals surface area contributed by atoms with E-state index < -0.39 is 70.9 Å². The first-order chi connectivity index (χ1) is 26.2. The number of hydrogen-bond acceptors (Lipinski definition) is 9. The number of fused-ring (bicyclic) bond motifs is 1. The van der Waals surface area contributed by atoms with Crippen LogP contribution >= 0.6 is 0 Å². The molecule has 0 spiro atoms. The summed E-state index contributed by atoms with van der Waals surface area (Å²) in [6, 6.07) is 2.84. The summed E-state index contributed by atoms with van der Waals surface area (Å²) in [5.74, 6) is -3.66. The highest BCUT2D eigenvalue weighted by atomic mass is 16.2. The number of carbonyl (C=O) groups excluding carboxylic acids is 6. The van der Waals surface area contributed by atoms with Crippen molar-refractivity contribution in [1.29, 1.82) is 0 Å². The number of Topliss-reactive ketones (excluding diaryl/α,β-unsaturated/α-hetero) is 1. The minimum Gasteiger partial charge on any atom is -0.344 e. The van der Waals surface area contributed by atoms with Gasteiger partial charge in [0.25, 0.3) is 11.8 Å². The topological polar surface area (TPSA) is 192 Å². The Morgan fingerprint density at radius 3 is 2.27 bits per heavy atom. The molecule has 1 aromatic heterocycles. The first-order valence-electron chi connectivity index (χ1n) is 19.8. The summed E-state index contributed by atoms with van der Waals surface area (Å²) in [7, 11) is 0. The first kappa shape index (κ1) is 41.4. The molecule has 0 radical (unpaired) electrons. The molecule has 14 nitrogen and oxygen atoms in total. The predicted octanol–water partition coefficient (Wildman–Crippen LogP) is 2.91. The highest BCUT2D eigenvalue weighted by molar-refractivity contribution is 6.38. The Morgan fingerprint density at radius 1 is 0.927 bits per heavy atom. The molecule has 1 aromatic carbocycles. The smallest absolute Gasteiger partial charge is 0.290 e. The van der Waals surface area contributed by atoms with E-state index in [9.17, 15) is 28.8 Å². The van der Waals surface area contributed by atoms with Crippen molar-refractivity contribution in [3.63, 3.8) is 0 Å². The number of aromatic nitrogens is 2. The quantitative estimate of drug-likeness (QED) is 0.180. The Morgan fingerprint density at radius 2 is 1.64 bits per heavy atom. The molecular weight excluding hydrogens is 701 g/mol. The molecule has 0 bridgehead atoms. The maximum atomic E-state index is 14.7. The van der Waals surface area contributed by atoms with E-state index in [-0.39, 0.29) is 36.5 Å². The van der Waals surface area contributed by atoms with Crippen molar-refractivity contribution in [2.75, 3.05) is 13.1 Å². The molecule has 3 fully saturated rings. The zero-order chi connectivity index (χ0) is 39.9. The van der Waals surface area contributed by atoms with Gasteiger partial charge in [-0.2, -0.15) is 0 Å². The molecule has 5 N–H and O–H groups in total. The van der Waals surface area contributed by atoms with Crippen LogP contribution in [0, 0.1) is 24.2 Å². The minimum atomic E-state index is -1.09. The molecule has 2 saturated heterocycles. The molecule has 2 aromatic rings. The zero-order valence-corrected chi connectivity index (χ0v) is 33.0. The van der Waals surface area contributed by atoms with Crippen molar-refractivity contribution in [2.45, 2.75) is 129 Å². The SMILES string of the molecule is CCC[C@H](NC(=O)[C@@H]1C2NCC[C@H]2CN1C(=O)[C@@H](NC(=O)[C@@H](NC(=O)c1cnccn1)C1CCCCC1)C(C)(C)C)C(=O)C(=O)N[C@@H](C)c1ccc(C)cc1. The zero-order valence-electron chi connectivity index (χ0n) is 33.0. The average Bonchev–Trinajstić information content (AvgIpc) is 3.77. The van der Waals surface area contributed by atoms with Crippen LogP contribution in [-0.4, -0.2) is 93.5 Å². The van der Waals surface area contributed by atoms with E-state index in [1.54, 1.807) is 6.92 Å². The second-order valence-corrected chi connectivity index (χ2v) is 16.5. The Bertz CT molecular complexity index is 1690. The molecule has 7 atom stereocenters. The number of hydrogen-bond donors (Lipinski definition) is 5. The summed E-state index contributed by atoms with van der Waals surface area (Å²) in [6.07, 6.45) is 10.1.